The van der Waals surface area contributed by atoms with E-state index in [1.807, 2.05) is 6.92 Å². The summed E-state index contributed by atoms with van der Waals surface area (Å²) in [6, 6.07) is 0. The first-order valence-corrected chi connectivity index (χ1v) is 6.32. The van der Waals surface area contributed by atoms with Gasteiger partial charge in [-0.25, -0.2) is 9.97 Å². The van der Waals surface area contributed by atoms with Gasteiger partial charge in [0.2, 0.25) is 0 Å². The van der Waals surface area contributed by atoms with E-state index in [0.717, 1.165) is 24.4 Å². The van der Waals surface area contributed by atoms with Crippen LogP contribution >= 0.6 is 11.3 Å². The summed E-state index contributed by atoms with van der Waals surface area (Å²) in [6.07, 6.45) is 5.25. The number of nitrogens with zero attached hydrogens (tertiary/aromatic N) is 2. The number of hydrogen-bond acceptors (Lipinski definition) is 4. The number of carbonyl (C=O) groups is 1. The minimum absolute atomic E-state index is 0.0376. The molecule has 0 aliphatic heterocycles. The summed E-state index contributed by atoms with van der Waals surface area (Å²) in [5.41, 5.74) is 2.48. The summed E-state index contributed by atoms with van der Waals surface area (Å²) >= 11 is 1.37. The second-order valence-corrected chi connectivity index (χ2v) is 4.52. The van der Waals surface area contributed by atoms with E-state index in [1.165, 1.54) is 11.3 Å². The number of aromatic amines is 1. The molecule has 0 aromatic carbocycles. The number of thiazole rings is 1. The summed E-state index contributed by atoms with van der Waals surface area (Å²) in [6.45, 7) is 2.49. The lowest BCUT2D eigenvalue weighted by molar-refractivity contribution is 0.0956. The normalized spacial score (nSPS) is 10.4. The van der Waals surface area contributed by atoms with Crippen molar-refractivity contribution in [2.45, 2.75) is 19.8 Å². The topological polar surface area (TPSA) is 70.7 Å². The van der Waals surface area contributed by atoms with E-state index in [0.29, 0.717) is 11.4 Å². The Morgan fingerprint density at radius 3 is 3.06 bits per heavy atom. The molecular weight excluding hydrogens is 236 g/mol. The van der Waals surface area contributed by atoms with E-state index in [9.17, 15) is 4.79 Å². The van der Waals surface area contributed by atoms with Gasteiger partial charge in [-0.1, -0.05) is 0 Å². The number of aromatic nitrogens is 3. The van der Waals surface area contributed by atoms with Crippen molar-refractivity contribution in [1.29, 1.82) is 0 Å². The largest absolute Gasteiger partial charge is 0.351 e. The number of aryl methyl sites for hydroxylation is 2. The van der Waals surface area contributed by atoms with Crippen LogP contribution in [0.2, 0.25) is 0 Å². The highest BCUT2D eigenvalue weighted by atomic mass is 32.1. The molecule has 0 aliphatic carbocycles. The van der Waals surface area contributed by atoms with E-state index in [2.05, 4.69) is 20.3 Å². The van der Waals surface area contributed by atoms with Crippen LogP contribution in [0.3, 0.4) is 0 Å². The highest BCUT2D eigenvalue weighted by Gasteiger charge is 2.10. The predicted molar refractivity (Wildman–Crippen MR) is 66.1 cm³/mol. The molecule has 1 amide bonds. The standard InChI is InChI=1S/C11H14N4OS/c1-8-10(17-7-15-8)11(16)14-4-2-3-9-12-5-6-13-9/h5-7H,2-4H2,1H3,(H,12,13)(H,14,16). The fourth-order valence-electron chi connectivity index (χ4n) is 1.49. The van der Waals surface area contributed by atoms with Gasteiger partial charge >= 0.3 is 0 Å². The summed E-state index contributed by atoms with van der Waals surface area (Å²) < 4.78 is 0. The van der Waals surface area contributed by atoms with Gasteiger partial charge in [0, 0.05) is 25.4 Å². The molecule has 0 radical (unpaired) electrons. The number of rotatable bonds is 5. The molecule has 2 rings (SSSR count). The molecule has 0 bridgehead atoms. The number of H-pyrrole nitrogens is 1. The molecule has 90 valence electrons. The maximum absolute atomic E-state index is 11.7. The highest BCUT2D eigenvalue weighted by Crippen LogP contribution is 2.11. The Labute approximate surface area is 103 Å². The zero-order valence-electron chi connectivity index (χ0n) is 9.56. The lowest BCUT2D eigenvalue weighted by Gasteiger charge is -2.02. The third-order valence-electron chi connectivity index (χ3n) is 2.38. The number of carbonyl (C=O) groups excluding carboxylic acids is 1. The van der Waals surface area contributed by atoms with E-state index < -0.39 is 0 Å². The third kappa shape index (κ3) is 3.13. The van der Waals surface area contributed by atoms with Crippen molar-refractivity contribution in [3.63, 3.8) is 0 Å². The fraction of sp³-hybridized carbons (Fsp3) is 0.364. The van der Waals surface area contributed by atoms with Crippen molar-refractivity contribution in [2.24, 2.45) is 0 Å². The first-order chi connectivity index (χ1) is 8.27. The Morgan fingerprint density at radius 2 is 2.41 bits per heavy atom. The second kappa shape index (κ2) is 5.58. The van der Waals surface area contributed by atoms with Gasteiger partial charge in [-0.05, 0) is 13.3 Å². The minimum Gasteiger partial charge on any atom is -0.351 e. The van der Waals surface area contributed by atoms with E-state index >= 15 is 0 Å². The number of amides is 1. The molecule has 0 aliphatic rings. The molecule has 2 aromatic rings. The SMILES string of the molecule is Cc1ncsc1C(=O)NCCCc1ncc[nH]1. The Hall–Kier alpha value is -1.69. The smallest absolute Gasteiger partial charge is 0.263 e. The van der Waals surface area contributed by atoms with Crippen LogP contribution in [0.5, 0.6) is 0 Å². The van der Waals surface area contributed by atoms with Crippen LogP contribution in [0, 0.1) is 6.92 Å². The number of imidazole rings is 1. The predicted octanol–water partition coefficient (Wildman–Crippen LogP) is 1.54. The van der Waals surface area contributed by atoms with Crippen LogP contribution in [-0.4, -0.2) is 27.4 Å². The van der Waals surface area contributed by atoms with Gasteiger partial charge in [-0.2, -0.15) is 0 Å². The fourth-order valence-corrected chi connectivity index (χ4v) is 2.21. The van der Waals surface area contributed by atoms with Gasteiger partial charge in [0.25, 0.3) is 5.91 Å². The lowest BCUT2D eigenvalue weighted by Crippen LogP contribution is -2.24. The lowest BCUT2D eigenvalue weighted by atomic mass is 10.3. The molecule has 0 spiro atoms. The maximum Gasteiger partial charge on any atom is 0.263 e. The monoisotopic (exact) mass is 250 g/mol. The summed E-state index contributed by atoms with van der Waals surface area (Å²) in [4.78, 5) is 23.6. The quantitative estimate of drug-likeness (QED) is 0.791. The number of nitrogens with one attached hydrogen (secondary N) is 2. The van der Waals surface area contributed by atoms with E-state index in [1.54, 1.807) is 17.9 Å². The molecule has 2 heterocycles. The average Bonchev–Trinajstić information content (AvgIpc) is 2.95. The molecule has 0 saturated heterocycles. The highest BCUT2D eigenvalue weighted by molar-refractivity contribution is 7.11. The molecule has 2 aromatic heterocycles. The van der Waals surface area contributed by atoms with E-state index in [4.69, 9.17) is 0 Å². The Kier molecular flexibility index (Phi) is 3.87. The van der Waals surface area contributed by atoms with Crippen molar-refractivity contribution in [1.82, 2.24) is 20.3 Å². The third-order valence-corrected chi connectivity index (χ3v) is 3.31. The summed E-state index contributed by atoms with van der Waals surface area (Å²) in [5.74, 6) is 0.915. The van der Waals surface area contributed by atoms with Gasteiger partial charge < -0.3 is 10.3 Å². The minimum atomic E-state index is -0.0376. The Morgan fingerprint density at radius 1 is 1.53 bits per heavy atom. The van der Waals surface area contributed by atoms with Crippen LogP contribution in [-0.2, 0) is 6.42 Å². The average molecular weight is 250 g/mol. The van der Waals surface area contributed by atoms with Gasteiger partial charge in [0.15, 0.2) is 0 Å². The molecule has 0 fully saturated rings. The van der Waals surface area contributed by atoms with Gasteiger partial charge in [0.05, 0.1) is 11.2 Å². The van der Waals surface area contributed by atoms with Crippen molar-refractivity contribution in [2.75, 3.05) is 6.54 Å². The van der Waals surface area contributed by atoms with Crippen molar-refractivity contribution >= 4 is 17.2 Å². The van der Waals surface area contributed by atoms with Gasteiger partial charge in [0.1, 0.15) is 10.7 Å². The van der Waals surface area contributed by atoms with E-state index in [-0.39, 0.29) is 5.91 Å². The van der Waals surface area contributed by atoms with Crippen molar-refractivity contribution in [3.8, 4) is 0 Å². The Bertz CT molecular complexity index is 477. The van der Waals surface area contributed by atoms with Gasteiger partial charge in [-0.3, -0.25) is 4.79 Å². The molecule has 0 saturated carbocycles. The number of hydrogen-bond donors (Lipinski definition) is 2. The molecule has 6 heteroatoms. The molecule has 0 unspecified atom stereocenters. The maximum atomic E-state index is 11.7. The second-order valence-electron chi connectivity index (χ2n) is 3.66. The van der Waals surface area contributed by atoms with Crippen molar-refractivity contribution < 1.29 is 4.79 Å². The first-order valence-electron chi connectivity index (χ1n) is 5.44. The summed E-state index contributed by atoms with van der Waals surface area (Å²) in [5, 5.41) is 2.88. The zero-order chi connectivity index (χ0) is 12.1. The summed E-state index contributed by atoms with van der Waals surface area (Å²) in [7, 11) is 0. The zero-order valence-corrected chi connectivity index (χ0v) is 10.4. The van der Waals surface area contributed by atoms with Crippen molar-refractivity contribution in [3.05, 3.63) is 34.3 Å². The Balaban J connectivity index is 1.72. The van der Waals surface area contributed by atoms with Gasteiger partial charge in [-0.15, -0.1) is 11.3 Å². The van der Waals surface area contributed by atoms with Crippen LogP contribution in [0.4, 0.5) is 0 Å². The molecule has 5 nitrogen and oxygen atoms in total. The van der Waals surface area contributed by atoms with Crippen LogP contribution in [0.1, 0.15) is 27.6 Å². The molecule has 2 N–H and O–H groups in total. The van der Waals surface area contributed by atoms with Crippen LogP contribution in [0.15, 0.2) is 17.9 Å². The molecule has 17 heavy (non-hydrogen) atoms. The first kappa shape index (κ1) is 11.8. The molecular formula is C11H14N4OS. The van der Waals surface area contributed by atoms with Crippen LogP contribution in [0.25, 0.3) is 0 Å². The molecule has 0 atom stereocenters. The van der Waals surface area contributed by atoms with Crippen LogP contribution < -0.4 is 5.32 Å².